The van der Waals surface area contributed by atoms with E-state index in [-0.39, 0.29) is 5.91 Å². The fraction of sp³-hybridized carbons (Fsp3) is 0.250. The Bertz CT molecular complexity index is 341. The Morgan fingerprint density at radius 2 is 2.23 bits per heavy atom. The van der Waals surface area contributed by atoms with Crippen LogP contribution >= 0.6 is 38.5 Å². The highest BCUT2D eigenvalue weighted by Gasteiger charge is 2.13. The van der Waals surface area contributed by atoms with Gasteiger partial charge in [0, 0.05) is 28.3 Å². The maximum Gasteiger partial charge on any atom is 0.273 e. The van der Waals surface area contributed by atoms with E-state index in [1.807, 2.05) is 6.07 Å². The summed E-state index contributed by atoms with van der Waals surface area (Å²) in [6, 6.07) is 1.87. The first-order chi connectivity index (χ1) is 6.02. The topological polar surface area (TPSA) is 33.2 Å². The molecule has 1 aromatic rings. The second kappa shape index (κ2) is 4.36. The average Bonchev–Trinajstić information content (AvgIpc) is 2.03. The smallest absolute Gasteiger partial charge is 0.273 e. The van der Waals surface area contributed by atoms with Gasteiger partial charge < -0.3 is 4.90 Å². The van der Waals surface area contributed by atoms with Gasteiger partial charge in [-0.2, -0.15) is 0 Å². The summed E-state index contributed by atoms with van der Waals surface area (Å²) in [5.41, 5.74) is 0.449. The second-order valence-corrected chi connectivity index (χ2v) is 4.78. The van der Waals surface area contributed by atoms with E-state index in [0.29, 0.717) is 5.69 Å². The minimum absolute atomic E-state index is 0.0942. The van der Waals surface area contributed by atoms with Gasteiger partial charge in [0.1, 0.15) is 5.69 Å². The number of hydrogen-bond donors (Lipinski definition) is 0. The van der Waals surface area contributed by atoms with Crippen LogP contribution in [0, 0.1) is 3.57 Å². The van der Waals surface area contributed by atoms with Gasteiger partial charge in [0.25, 0.3) is 5.91 Å². The molecule has 0 saturated heterocycles. The molecule has 0 N–H and O–H groups in total. The highest BCUT2D eigenvalue weighted by molar-refractivity contribution is 14.1. The van der Waals surface area contributed by atoms with E-state index in [4.69, 9.17) is 0 Å². The van der Waals surface area contributed by atoms with Crippen molar-refractivity contribution in [3.8, 4) is 0 Å². The third-order valence-electron chi connectivity index (χ3n) is 1.42. The summed E-state index contributed by atoms with van der Waals surface area (Å²) >= 11 is 5.45. The van der Waals surface area contributed by atoms with Crippen LogP contribution in [0.15, 0.2) is 16.7 Å². The van der Waals surface area contributed by atoms with Crippen LogP contribution in [-0.4, -0.2) is 29.9 Å². The summed E-state index contributed by atoms with van der Waals surface area (Å²) in [5.74, 6) is -0.0942. The van der Waals surface area contributed by atoms with Crippen LogP contribution in [0.4, 0.5) is 0 Å². The molecule has 13 heavy (non-hydrogen) atoms. The average molecular weight is 355 g/mol. The summed E-state index contributed by atoms with van der Waals surface area (Å²) < 4.78 is 1.73. The maximum absolute atomic E-state index is 11.5. The van der Waals surface area contributed by atoms with E-state index in [1.165, 1.54) is 4.90 Å². The highest BCUT2D eigenvalue weighted by atomic mass is 127. The highest BCUT2D eigenvalue weighted by Crippen LogP contribution is 2.18. The van der Waals surface area contributed by atoms with Crippen LogP contribution in [0.3, 0.4) is 0 Å². The van der Waals surface area contributed by atoms with Crippen molar-refractivity contribution in [3.05, 3.63) is 26.0 Å². The molecule has 0 spiro atoms. The van der Waals surface area contributed by atoms with Gasteiger partial charge in [-0.25, -0.2) is 4.98 Å². The SMILES string of the molecule is CN(C)C(=O)c1ncc(I)cc1Br. The Kier molecular flexibility index (Phi) is 3.66. The van der Waals surface area contributed by atoms with Crippen LogP contribution in [0.5, 0.6) is 0 Å². The predicted octanol–water partition coefficient (Wildman–Crippen LogP) is 2.15. The Labute approximate surface area is 98.8 Å². The summed E-state index contributed by atoms with van der Waals surface area (Å²) in [5, 5.41) is 0. The normalized spacial score (nSPS) is 9.85. The Morgan fingerprint density at radius 3 is 2.69 bits per heavy atom. The molecule has 0 bridgehead atoms. The Balaban J connectivity index is 3.09. The van der Waals surface area contributed by atoms with E-state index < -0.39 is 0 Å². The van der Waals surface area contributed by atoms with Crippen LogP contribution in [0.25, 0.3) is 0 Å². The minimum atomic E-state index is -0.0942. The van der Waals surface area contributed by atoms with Gasteiger partial charge in [0.15, 0.2) is 0 Å². The van der Waals surface area contributed by atoms with Crippen molar-refractivity contribution in [1.82, 2.24) is 9.88 Å². The van der Waals surface area contributed by atoms with E-state index in [2.05, 4.69) is 43.5 Å². The molecule has 70 valence electrons. The number of aromatic nitrogens is 1. The number of pyridine rings is 1. The summed E-state index contributed by atoms with van der Waals surface area (Å²) in [4.78, 5) is 17.1. The second-order valence-electron chi connectivity index (χ2n) is 2.68. The van der Waals surface area contributed by atoms with E-state index in [9.17, 15) is 4.79 Å². The lowest BCUT2D eigenvalue weighted by Crippen LogP contribution is -2.23. The van der Waals surface area contributed by atoms with Gasteiger partial charge >= 0.3 is 0 Å². The van der Waals surface area contributed by atoms with Crippen LogP contribution in [-0.2, 0) is 0 Å². The molecule has 0 fully saturated rings. The molecular weight excluding hydrogens is 347 g/mol. The van der Waals surface area contributed by atoms with Crippen LogP contribution in [0.1, 0.15) is 10.5 Å². The first-order valence-electron chi connectivity index (χ1n) is 3.55. The Hall–Kier alpha value is -0.170. The zero-order chi connectivity index (χ0) is 10.0. The summed E-state index contributed by atoms with van der Waals surface area (Å²) in [6.45, 7) is 0. The zero-order valence-electron chi connectivity index (χ0n) is 7.21. The molecule has 3 nitrogen and oxygen atoms in total. The quantitative estimate of drug-likeness (QED) is 0.724. The standard InChI is InChI=1S/C8H8BrIN2O/c1-12(2)8(13)7-6(9)3-5(10)4-11-7/h3-4H,1-2H3. The molecule has 0 aliphatic rings. The summed E-state index contributed by atoms with van der Waals surface area (Å²) in [6.07, 6.45) is 1.67. The van der Waals surface area contributed by atoms with Crippen molar-refractivity contribution in [3.63, 3.8) is 0 Å². The molecule has 1 heterocycles. The van der Waals surface area contributed by atoms with E-state index in [1.54, 1.807) is 20.3 Å². The van der Waals surface area contributed by atoms with Crippen molar-refractivity contribution in [2.45, 2.75) is 0 Å². The summed E-state index contributed by atoms with van der Waals surface area (Å²) in [7, 11) is 3.41. The third-order valence-corrected chi connectivity index (χ3v) is 2.61. The van der Waals surface area contributed by atoms with Crippen molar-refractivity contribution >= 4 is 44.4 Å². The van der Waals surface area contributed by atoms with Gasteiger partial charge in [-0.1, -0.05) is 0 Å². The molecule has 1 amide bonds. The molecule has 0 radical (unpaired) electrons. The van der Waals surface area contributed by atoms with Crippen molar-refractivity contribution in [2.24, 2.45) is 0 Å². The number of hydrogen-bond acceptors (Lipinski definition) is 2. The lowest BCUT2D eigenvalue weighted by Gasteiger charge is -2.10. The molecule has 5 heteroatoms. The monoisotopic (exact) mass is 354 g/mol. The van der Waals surface area contributed by atoms with Gasteiger partial charge in [-0.3, -0.25) is 4.79 Å². The molecule has 0 unspecified atom stereocenters. The van der Waals surface area contributed by atoms with Gasteiger partial charge in [0.05, 0.1) is 0 Å². The molecule has 1 aromatic heterocycles. The number of rotatable bonds is 1. The van der Waals surface area contributed by atoms with E-state index in [0.717, 1.165) is 8.04 Å². The first kappa shape index (κ1) is 10.9. The van der Waals surface area contributed by atoms with Crippen LogP contribution in [0.2, 0.25) is 0 Å². The fourth-order valence-electron chi connectivity index (χ4n) is 0.784. The molecule has 0 aliphatic carbocycles. The van der Waals surface area contributed by atoms with E-state index >= 15 is 0 Å². The maximum atomic E-state index is 11.5. The largest absolute Gasteiger partial charge is 0.343 e. The third kappa shape index (κ3) is 2.63. The zero-order valence-corrected chi connectivity index (χ0v) is 11.0. The van der Waals surface area contributed by atoms with Crippen LogP contribution < -0.4 is 0 Å². The molecule has 0 aliphatic heterocycles. The predicted molar refractivity (Wildman–Crippen MR) is 62.7 cm³/mol. The number of nitrogens with zero attached hydrogens (tertiary/aromatic N) is 2. The van der Waals surface area contributed by atoms with Crippen molar-refractivity contribution in [1.29, 1.82) is 0 Å². The molecule has 1 rings (SSSR count). The van der Waals surface area contributed by atoms with Gasteiger partial charge in [-0.05, 0) is 44.6 Å². The van der Waals surface area contributed by atoms with Gasteiger partial charge in [-0.15, -0.1) is 0 Å². The molecule has 0 atom stereocenters. The molecule has 0 aromatic carbocycles. The lowest BCUT2D eigenvalue weighted by atomic mass is 10.3. The number of carbonyl (C=O) groups excluding carboxylic acids is 1. The minimum Gasteiger partial charge on any atom is -0.343 e. The lowest BCUT2D eigenvalue weighted by molar-refractivity contribution is 0.0821. The fourth-order valence-corrected chi connectivity index (χ4v) is 2.18. The molecular formula is C8H8BrIN2O. The number of carbonyl (C=O) groups is 1. The van der Waals surface area contributed by atoms with Gasteiger partial charge in [0.2, 0.25) is 0 Å². The number of halogens is 2. The number of amides is 1. The first-order valence-corrected chi connectivity index (χ1v) is 5.42. The van der Waals surface area contributed by atoms with Crippen molar-refractivity contribution < 1.29 is 4.79 Å². The Morgan fingerprint density at radius 1 is 1.62 bits per heavy atom. The van der Waals surface area contributed by atoms with Crippen molar-refractivity contribution in [2.75, 3.05) is 14.1 Å². The molecule has 0 saturated carbocycles.